The molecular weight excluding hydrogens is 432 g/mol. The molecule has 0 saturated carbocycles. The first kappa shape index (κ1) is 25.5. The van der Waals surface area contributed by atoms with Gasteiger partial charge in [0.05, 0.1) is 5.56 Å². The molecule has 1 heterocycles. The zero-order valence-electron chi connectivity index (χ0n) is 18.3. The Morgan fingerprint density at radius 2 is 1.78 bits per heavy atom. The van der Waals surface area contributed by atoms with E-state index in [0.29, 0.717) is 24.2 Å². The van der Waals surface area contributed by atoms with Crippen molar-refractivity contribution >= 4 is 12.1 Å². The molecule has 1 aromatic rings. The average Bonchev–Trinajstić information content (AvgIpc) is 2.70. The molecule has 1 aliphatic rings. The highest BCUT2D eigenvalue weighted by Crippen LogP contribution is 2.24. The third kappa shape index (κ3) is 6.36. The number of halogens is 4. The molecule has 1 fully saturated rings. The fraction of sp³-hybridized carbons (Fsp3) is 0.545. The first-order valence-electron chi connectivity index (χ1n) is 10.0. The second-order valence-electron chi connectivity index (χ2n) is 8.24. The minimum absolute atomic E-state index is 0.111. The van der Waals surface area contributed by atoms with E-state index in [0.717, 1.165) is 6.92 Å². The maximum Gasteiger partial charge on any atom is 0.425 e. The van der Waals surface area contributed by atoms with Gasteiger partial charge in [-0.1, -0.05) is 24.0 Å². The number of hydrogen-bond donors (Lipinski definition) is 1. The highest BCUT2D eigenvalue weighted by Gasteiger charge is 2.40. The van der Waals surface area contributed by atoms with E-state index in [4.69, 9.17) is 0 Å². The number of carbonyl (C=O) groups is 2. The lowest BCUT2D eigenvalue weighted by Gasteiger charge is -2.35. The summed E-state index contributed by atoms with van der Waals surface area (Å²) in [6, 6.07) is 3.31. The normalized spacial score (nSPS) is 16.2. The van der Waals surface area contributed by atoms with Gasteiger partial charge in [-0.2, -0.15) is 13.2 Å². The van der Waals surface area contributed by atoms with Crippen LogP contribution >= 0.6 is 0 Å². The zero-order valence-corrected chi connectivity index (χ0v) is 18.3. The number of ether oxygens (including phenoxy) is 1. The zero-order chi connectivity index (χ0) is 24.3. The highest BCUT2D eigenvalue weighted by atomic mass is 19.4. The van der Waals surface area contributed by atoms with Gasteiger partial charge in [-0.05, 0) is 38.8 Å². The van der Waals surface area contributed by atoms with E-state index in [-0.39, 0.29) is 25.2 Å². The molecule has 1 saturated heterocycles. The van der Waals surface area contributed by atoms with Crippen molar-refractivity contribution in [3.63, 3.8) is 0 Å². The molecule has 0 aliphatic carbocycles. The summed E-state index contributed by atoms with van der Waals surface area (Å²) in [5.41, 5.74) is -0.311. The molecule has 0 bridgehead atoms. The number of alkyl halides is 3. The second-order valence-corrected chi connectivity index (χ2v) is 8.24. The van der Waals surface area contributed by atoms with Crippen LogP contribution in [0.4, 0.5) is 22.4 Å². The van der Waals surface area contributed by atoms with Gasteiger partial charge in [0.15, 0.2) is 6.10 Å². The molecule has 10 heteroatoms. The van der Waals surface area contributed by atoms with Crippen molar-refractivity contribution in [2.45, 2.75) is 46.5 Å². The van der Waals surface area contributed by atoms with Gasteiger partial charge in [0, 0.05) is 32.7 Å². The Labute approximate surface area is 184 Å². The maximum absolute atomic E-state index is 14.7. The van der Waals surface area contributed by atoms with Crippen molar-refractivity contribution in [3.05, 3.63) is 34.6 Å². The Balaban J connectivity index is 2.09. The third-order valence-corrected chi connectivity index (χ3v) is 5.22. The van der Waals surface area contributed by atoms with Crippen LogP contribution in [0.15, 0.2) is 12.1 Å². The second kappa shape index (κ2) is 9.77. The molecule has 1 aromatic carbocycles. The van der Waals surface area contributed by atoms with Gasteiger partial charge < -0.3 is 14.7 Å². The monoisotopic (exact) mass is 458 g/mol. The number of piperazine rings is 1. The molecule has 32 heavy (non-hydrogen) atoms. The number of carbonyl (C=O) groups excluding carboxylic acids is 1. The Kier molecular flexibility index (Phi) is 7.78. The van der Waals surface area contributed by atoms with Crippen LogP contribution in [-0.2, 0) is 16.1 Å². The molecule has 1 N–H and O–H groups in total. The smallest absolute Gasteiger partial charge is 0.425 e. The fourth-order valence-corrected chi connectivity index (χ4v) is 2.88. The number of carboxylic acids is 1. The molecular formula is C22H26F4N2O4. The number of aryl methyl sites for hydroxylation is 1. The van der Waals surface area contributed by atoms with Crippen LogP contribution in [0, 0.1) is 30.0 Å². The summed E-state index contributed by atoms with van der Waals surface area (Å²) in [5, 5.41) is 9.23. The van der Waals surface area contributed by atoms with Crippen LogP contribution < -0.4 is 0 Å². The molecule has 176 valence electrons. The van der Waals surface area contributed by atoms with Crippen LogP contribution in [0.3, 0.4) is 0 Å². The summed E-state index contributed by atoms with van der Waals surface area (Å²) in [4.78, 5) is 26.4. The summed E-state index contributed by atoms with van der Waals surface area (Å²) in [6.07, 6.45) is -7.85. The van der Waals surface area contributed by atoms with Gasteiger partial charge in [0.2, 0.25) is 0 Å². The Bertz CT molecular complexity index is 926. The average molecular weight is 458 g/mol. The lowest BCUT2D eigenvalue weighted by Crippen LogP contribution is -2.49. The fourth-order valence-electron chi connectivity index (χ4n) is 2.88. The van der Waals surface area contributed by atoms with E-state index < -0.39 is 35.6 Å². The van der Waals surface area contributed by atoms with Crippen molar-refractivity contribution < 1.29 is 37.0 Å². The Morgan fingerprint density at radius 3 is 2.31 bits per heavy atom. The Hall–Kier alpha value is -2.80. The first-order valence-corrected chi connectivity index (χ1v) is 10.0. The number of carboxylic acid groups (broad SMARTS) is 1. The largest absolute Gasteiger partial charge is 0.480 e. The maximum atomic E-state index is 14.7. The van der Waals surface area contributed by atoms with Gasteiger partial charge in [0.25, 0.3) is 0 Å². The van der Waals surface area contributed by atoms with Crippen LogP contribution in [0.2, 0.25) is 0 Å². The van der Waals surface area contributed by atoms with Crippen molar-refractivity contribution in [2.24, 2.45) is 5.41 Å². The number of amides is 1. The lowest BCUT2D eigenvalue weighted by atomic mass is 9.93. The predicted octanol–water partition coefficient (Wildman–Crippen LogP) is 3.80. The van der Waals surface area contributed by atoms with E-state index >= 15 is 0 Å². The van der Waals surface area contributed by atoms with Gasteiger partial charge in [-0.3, -0.25) is 9.69 Å². The topological polar surface area (TPSA) is 70.1 Å². The predicted molar refractivity (Wildman–Crippen MR) is 108 cm³/mol. The molecule has 1 aliphatic heterocycles. The summed E-state index contributed by atoms with van der Waals surface area (Å²) < 4.78 is 57.0. The number of rotatable bonds is 4. The van der Waals surface area contributed by atoms with Gasteiger partial charge in [0.1, 0.15) is 11.2 Å². The first-order chi connectivity index (χ1) is 14.7. The molecule has 1 unspecified atom stereocenters. The number of hydrogen-bond acceptors (Lipinski definition) is 4. The van der Waals surface area contributed by atoms with E-state index in [1.807, 2.05) is 4.90 Å². The van der Waals surface area contributed by atoms with Gasteiger partial charge in [-0.15, -0.1) is 0 Å². The van der Waals surface area contributed by atoms with Gasteiger partial charge in [-0.25, -0.2) is 9.18 Å². The summed E-state index contributed by atoms with van der Waals surface area (Å²) in [6.45, 7) is 6.50. The molecule has 2 rings (SSSR count). The van der Waals surface area contributed by atoms with E-state index in [2.05, 4.69) is 16.6 Å². The SMILES string of the molecule is Cc1ccc(CN2CCN(C(=O)OC(C)C(F)(F)F)CC2)c(C#CC(C)(C)C(=O)O)c1F. The van der Waals surface area contributed by atoms with Crippen molar-refractivity contribution in [3.8, 4) is 11.8 Å². The minimum atomic E-state index is -4.63. The van der Waals surface area contributed by atoms with Crippen LogP contribution in [0.1, 0.15) is 37.5 Å². The van der Waals surface area contributed by atoms with E-state index in [1.165, 1.54) is 18.7 Å². The van der Waals surface area contributed by atoms with Gasteiger partial charge >= 0.3 is 18.2 Å². The van der Waals surface area contributed by atoms with E-state index in [1.54, 1.807) is 19.1 Å². The van der Waals surface area contributed by atoms with Crippen molar-refractivity contribution in [1.29, 1.82) is 0 Å². The van der Waals surface area contributed by atoms with E-state index in [9.17, 15) is 32.3 Å². The standard InChI is InChI=1S/C22H26F4N2O4/c1-14-5-6-16(17(18(14)23)7-8-21(3,4)19(29)30)13-27-9-11-28(12-10-27)20(31)32-15(2)22(24,25)26/h5-6,15H,9-13H2,1-4H3,(H,29,30). The number of nitrogens with zero attached hydrogens (tertiary/aromatic N) is 2. The van der Waals surface area contributed by atoms with Crippen molar-refractivity contribution in [2.75, 3.05) is 26.2 Å². The Morgan fingerprint density at radius 1 is 1.19 bits per heavy atom. The minimum Gasteiger partial charge on any atom is -0.480 e. The summed E-state index contributed by atoms with van der Waals surface area (Å²) in [7, 11) is 0. The lowest BCUT2D eigenvalue weighted by molar-refractivity contribution is -0.200. The molecule has 0 radical (unpaired) electrons. The van der Waals surface area contributed by atoms with Crippen LogP contribution in [-0.4, -0.2) is 65.4 Å². The van der Waals surface area contributed by atoms with Crippen molar-refractivity contribution in [1.82, 2.24) is 9.80 Å². The molecule has 1 atom stereocenters. The number of benzene rings is 1. The highest BCUT2D eigenvalue weighted by molar-refractivity contribution is 5.77. The molecule has 1 amide bonds. The molecule has 0 spiro atoms. The summed E-state index contributed by atoms with van der Waals surface area (Å²) >= 11 is 0. The molecule has 6 nitrogen and oxygen atoms in total. The summed E-state index contributed by atoms with van der Waals surface area (Å²) in [5.74, 6) is 3.63. The van der Waals surface area contributed by atoms with Crippen LogP contribution in [0.25, 0.3) is 0 Å². The molecule has 0 aromatic heterocycles. The quantitative estimate of drug-likeness (QED) is 0.549. The number of aliphatic carboxylic acids is 1. The van der Waals surface area contributed by atoms with Crippen LogP contribution in [0.5, 0.6) is 0 Å². The third-order valence-electron chi connectivity index (χ3n) is 5.22.